The number of rotatable bonds is 8. The number of aliphatic carboxylic acids is 1. The number of carbonyl (C=O) groups is 1. The van der Waals surface area contributed by atoms with Crippen molar-refractivity contribution in [2.45, 2.75) is 36.1 Å². The first-order chi connectivity index (χ1) is 15.7. The van der Waals surface area contributed by atoms with Gasteiger partial charge in [0, 0.05) is 17.0 Å². The van der Waals surface area contributed by atoms with Gasteiger partial charge in [0.05, 0.1) is 23.5 Å². The number of benzene rings is 2. The van der Waals surface area contributed by atoms with E-state index in [0.29, 0.717) is 18.1 Å². The molecule has 3 rings (SSSR count). The van der Waals surface area contributed by atoms with Crippen molar-refractivity contribution in [3.8, 4) is 17.6 Å². The number of nitrogens with zero attached hydrogens (tertiary/aromatic N) is 1. The summed E-state index contributed by atoms with van der Waals surface area (Å²) in [6.07, 6.45) is 0. The Kier molecular flexibility index (Phi) is 8.43. The Morgan fingerprint density at radius 1 is 1.12 bits per heavy atom. The van der Waals surface area contributed by atoms with Gasteiger partial charge >= 0.3 is 0 Å². The van der Waals surface area contributed by atoms with Crippen LogP contribution in [0.25, 0.3) is 0 Å². The molecule has 1 fully saturated rings. The van der Waals surface area contributed by atoms with Gasteiger partial charge in [-0.25, -0.2) is 8.42 Å². The molecule has 1 aliphatic rings. The van der Waals surface area contributed by atoms with E-state index in [1.165, 1.54) is 36.0 Å². The van der Waals surface area contributed by atoms with Gasteiger partial charge < -0.3 is 19.4 Å². The van der Waals surface area contributed by atoms with Crippen LogP contribution >= 0.6 is 11.8 Å². The SMILES string of the molecule is CC1(C)SCCN(S(=O)(=O)c2ccc(OCC#CCOCc3ccccc3)cc2)C1C(=O)[O-]. The van der Waals surface area contributed by atoms with Crippen LogP contribution in [0.2, 0.25) is 0 Å². The molecule has 7 nitrogen and oxygen atoms in total. The first kappa shape index (κ1) is 25.1. The van der Waals surface area contributed by atoms with Crippen molar-refractivity contribution >= 4 is 27.8 Å². The van der Waals surface area contributed by atoms with Crippen molar-refractivity contribution in [2.75, 3.05) is 25.5 Å². The fourth-order valence-electron chi connectivity index (χ4n) is 3.47. The number of hydrogen-bond donors (Lipinski definition) is 0. The second kappa shape index (κ2) is 11.1. The number of hydrogen-bond acceptors (Lipinski definition) is 7. The first-order valence-electron chi connectivity index (χ1n) is 10.4. The summed E-state index contributed by atoms with van der Waals surface area (Å²) in [5, 5.41) is 11.7. The molecule has 1 heterocycles. The molecule has 2 aromatic carbocycles. The van der Waals surface area contributed by atoms with Gasteiger partial charge in [-0.15, -0.1) is 0 Å². The predicted octanol–water partition coefficient (Wildman–Crippen LogP) is 1.92. The van der Waals surface area contributed by atoms with Gasteiger partial charge in [-0.05, 0) is 43.7 Å². The fourth-order valence-corrected chi connectivity index (χ4v) is 6.56. The van der Waals surface area contributed by atoms with Crippen LogP contribution in [-0.2, 0) is 26.2 Å². The Bertz CT molecular complexity index is 1110. The van der Waals surface area contributed by atoms with E-state index in [1.54, 1.807) is 13.8 Å². The minimum absolute atomic E-state index is 0.00389. The minimum Gasteiger partial charge on any atom is -0.548 e. The summed E-state index contributed by atoms with van der Waals surface area (Å²) in [5.41, 5.74) is 1.07. The first-order valence-corrected chi connectivity index (χ1v) is 12.8. The molecule has 1 atom stereocenters. The largest absolute Gasteiger partial charge is 0.548 e. The lowest BCUT2D eigenvalue weighted by molar-refractivity contribution is -0.311. The van der Waals surface area contributed by atoms with Crippen LogP contribution in [0.3, 0.4) is 0 Å². The second-order valence-electron chi connectivity index (χ2n) is 7.88. The van der Waals surface area contributed by atoms with Gasteiger partial charge in [0.2, 0.25) is 10.0 Å². The maximum Gasteiger partial charge on any atom is 0.243 e. The highest BCUT2D eigenvalue weighted by atomic mass is 32.2. The standard InChI is InChI=1S/C24H27NO6S2/c1-24(2)22(23(26)27)25(14-17-32-24)33(28,29)21-12-10-20(11-13-21)31-16-7-6-15-30-18-19-8-4-3-5-9-19/h3-5,8-13,22H,14-18H2,1-2H3,(H,26,27)/p-1. The zero-order chi connectivity index (χ0) is 23.9. The van der Waals surface area contributed by atoms with Crippen molar-refractivity contribution in [1.82, 2.24) is 4.31 Å². The summed E-state index contributed by atoms with van der Waals surface area (Å²) in [7, 11) is -4.00. The summed E-state index contributed by atoms with van der Waals surface area (Å²) in [4.78, 5) is 11.7. The van der Waals surface area contributed by atoms with E-state index >= 15 is 0 Å². The quantitative estimate of drug-likeness (QED) is 0.414. The Hall–Kier alpha value is -2.51. The molecule has 0 bridgehead atoms. The lowest BCUT2D eigenvalue weighted by atomic mass is 10.0. The molecule has 0 aromatic heterocycles. The highest BCUT2D eigenvalue weighted by molar-refractivity contribution is 8.00. The highest BCUT2D eigenvalue weighted by Gasteiger charge is 2.44. The van der Waals surface area contributed by atoms with Crippen LogP contribution in [0.1, 0.15) is 19.4 Å². The smallest absolute Gasteiger partial charge is 0.243 e. The number of ether oxygens (including phenoxy) is 2. The summed E-state index contributed by atoms with van der Waals surface area (Å²) in [5.74, 6) is 5.27. The maximum atomic E-state index is 13.1. The molecule has 0 amide bonds. The van der Waals surface area contributed by atoms with Gasteiger partial charge in [0.25, 0.3) is 0 Å². The van der Waals surface area contributed by atoms with E-state index < -0.39 is 26.8 Å². The average molecular weight is 489 g/mol. The third-order valence-electron chi connectivity index (χ3n) is 5.11. The van der Waals surface area contributed by atoms with Crippen LogP contribution in [-0.4, -0.2) is 55.0 Å². The molecule has 0 spiro atoms. The van der Waals surface area contributed by atoms with Crippen molar-refractivity contribution < 1.29 is 27.8 Å². The van der Waals surface area contributed by atoms with Gasteiger partial charge in [0.15, 0.2) is 0 Å². The van der Waals surface area contributed by atoms with Crippen molar-refractivity contribution in [3.05, 3.63) is 60.2 Å². The van der Waals surface area contributed by atoms with Crippen LogP contribution in [0.15, 0.2) is 59.5 Å². The van der Waals surface area contributed by atoms with Crippen LogP contribution < -0.4 is 9.84 Å². The number of carbonyl (C=O) groups excluding carboxylic acids is 1. The van der Waals surface area contributed by atoms with Crippen molar-refractivity contribution in [2.24, 2.45) is 0 Å². The monoisotopic (exact) mass is 488 g/mol. The van der Waals surface area contributed by atoms with Crippen molar-refractivity contribution in [1.29, 1.82) is 0 Å². The average Bonchev–Trinajstić information content (AvgIpc) is 2.78. The second-order valence-corrected chi connectivity index (χ2v) is 11.5. The Balaban J connectivity index is 1.55. The normalized spacial score (nSPS) is 18.2. The molecule has 9 heteroatoms. The van der Waals surface area contributed by atoms with Crippen LogP contribution in [0.5, 0.6) is 5.75 Å². The number of sulfonamides is 1. The third-order valence-corrected chi connectivity index (χ3v) is 8.34. The number of carboxylic acid groups (broad SMARTS) is 1. The molecule has 1 aliphatic heterocycles. The van der Waals surface area contributed by atoms with E-state index in [0.717, 1.165) is 9.87 Å². The molecule has 1 unspecified atom stereocenters. The molecular weight excluding hydrogens is 462 g/mol. The minimum atomic E-state index is -4.00. The van der Waals surface area contributed by atoms with E-state index in [2.05, 4.69) is 11.8 Å². The molecule has 0 radical (unpaired) electrons. The van der Waals surface area contributed by atoms with E-state index in [1.807, 2.05) is 30.3 Å². The Morgan fingerprint density at radius 3 is 2.45 bits per heavy atom. The van der Waals surface area contributed by atoms with Crippen LogP contribution in [0.4, 0.5) is 0 Å². The molecule has 1 saturated heterocycles. The Labute approximate surface area is 199 Å². The molecule has 0 saturated carbocycles. The van der Waals surface area contributed by atoms with Crippen LogP contribution in [0, 0.1) is 11.8 Å². The summed E-state index contributed by atoms with van der Waals surface area (Å²) in [6.45, 7) is 4.42. The zero-order valence-corrected chi connectivity index (χ0v) is 20.2. The van der Waals surface area contributed by atoms with Gasteiger partial charge in [-0.1, -0.05) is 42.2 Å². The molecule has 2 aromatic rings. The molecule has 0 N–H and O–H groups in total. The molecule has 0 aliphatic carbocycles. The predicted molar refractivity (Wildman–Crippen MR) is 125 cm³/mol. The topological polar surface area (TPSA) is 96.0 Å². The molecule has 176 valence electrons. The number of thioether (sulfide) groups is 1. The van der Waals surface area contributed by atoms with Gasteiger partial charge in [-0.3, -0.25) is 0 Å². The highest BCUT2D eigenvalue weighted by Crippen LogP contribution is 2.38. The van der Waals surface area contributed by atoms with E-state index in [-0.39, 0.29) is 24.7 Å². The Morgan fingerprint density at radius 2 is 1.79 bits per heavy atom. The lowest BCUT2D eigenvalue weighted by Crippen LogP contribution is -2.62. The number of carboxylic acids is 1. The van der Waals surface area contributed by atoms with Gasteiger partial charge in [-0.2, -0.15) is 16.1 Å². The molecule has 33 heavy (non-hydrogen) atoms. The lowest BCUT2D eigenvalue weighted by Gasteiger charge is -2.45. The maximum absolute atomic E-state index is 13.1. The fraction of sp³-hybridized carbons (Fsp3) is 0.375. The summed E-state index contributed by atoms with van der Waals surface area (Å²) < 4.78 is 37.5. The third kappa shape index (κ3) is 6.51. The molecular formula is C24H26NO6S2-. The van der Waals surface area contributed by atoms with E-state index in [4.69, 9.17) is 9.47 Å². The van der Waals surface area contributed by atoms with Crippen molar-refractivity contribution in [3.63, 3.8) is 0 Å². The van der Waals surface area contributed by atoms with Gasteiger partial charge in [0.1, 0.15) is 19.0 Å². The summed E-state index contributed by atoms with van der Waals surface area (Å²) >= 11 is 1.42. The van der Waals surface area contributed by atoms with E-state index in [9.17, 15) is 18.3 Å². The zero-order valence-electron chi connectivity index (χ0n) is 18.5. The summed E-state index contributed by atoms with van der Waals surface area (Å²) in [6, 6.07) is 14.4.